The predicted octanol–water partition coefficient (Wildman–Crippen LogP) is 7.57. The maximum absolute atomic E-state index is 14.5. The number of fused-ring (bicyclic) bond motifs is 1. The number of aromatic nitrogens is 3. The third-order valence-electron chi connectivity index (χ3n) is 5.33. The number of pyridine rings is 1. The second kappa shape index (κ2) is 10.2. The van der Waals surface area contributed by atoms with Crippen LogP contribution in [-0.2, 0) is 3.61 Å². The van der Waals surface area contributed by atoms with Crippen molar-refractivity contribution in [3.63, 3.8) is 0 Å². The molecular weight excluding hydrogens is 660 g/mol. The van der Waals surface area contributed by atoms with Gasteiger partial charge in [-0.2, -0.15) is 0 Å². The molecule has 4 rings (SSSR count). The lowest BCUT2D eigenvalue weighted by Gasteiger charge is -2.23. The van der Waals surface area contributed by atoms with E-state index < -0.39 is 21.9 Å². The molecule has 0 fully saturated rings. The normalized spacial score (nSPS) is 14.2. The number of hydrogen-bond acceptors (Lipinski definition) is 5. The van der Waals surface area contributed by atoms with E-state index in [0.717, 1.165) is 6.07 Å². The van der Waals surface area contributed by atoms with Crippen molar-refractivity contribution in [3.05, 3.63) is 81.2 Å². The van der Waals surface area contributed by atoms with E-state index in [-0.39, 0.29) is 22.1 Å². The Balaban J connectivity index is 1.83. The van der Waals surface area contributed by atoms with E-state index in [1.54, 1.807) is 44.4 Å². The van der Waals surface area contributed by atoms with Crippen molar-refractivity contribution in [2.45, 2.75) is 29.9 Å². The van der Waals surface area contributed by atoms with Crippen LogP contribution in [0.4, 0.5) is 18.9 Å². The zero-order valence-electron chi connectivity index (χ0n) is 18.3. The van der Waals surface area contributed by atoms with E-state index in [0.29, 0.717) is 32.2 Å². The molecule has 2 atom stereocenters. The second-order valence-electron chi connectivity index (χ2n) is 7.99. The van der Waals surface area contributed by atoms with Gasteiger partial charge in [0.1, 0.15) is 11.9 Å². The molecule has 2 aromatic carbocycles. The highest BCUT2D eigenvalue weighted by Crippen LogP contribution is 2.39. The molecule has 0 saturated heterocycles. The average Bonchev–Trinajstić information content (AvgIpc) is 2.80. The first-order chi connectivity index (χ1) is 16.5. The van der Waals surface area contributed by atoms with Gasteiger partial charge in [0, 0.05) is 33.4 Å². The van der Waals surface area contributed by atoms with Gasteiger partial charge in [0.05, 0.1) is 21.9 Å². The first-order valence-electron chi connectivity index (χ1n) is 10.3. The lowest BCUT2D eigenvalue weighted by Crippen LogP contribution is -2.21. The van der Waals surface area contributed by atoms with Crippen molar-refractivity contribution < 1.29 is 18.3 Å². The minimum absolute atomic E-state index is 0.156. The third kappa shape index (κ3) is 5.55. The fraction of sp³-hybridized carbons (Fsp3) is 0.208. The van der Waals surface area contributed by atoms with Gasteiger partial charge in [0.25, 0.3) is 6.43 Å². The van der Waals surface area contributed by atoms with Crippen molar-refractivity contribution >= 4 is 66.7 Å². The van der Waals surface area contributed by atoms with Gasteiger partial charge in [-0.05, 0) is 72.3 Å². The summed E-state index contributed by atoms with van der Waals surface area (Å²) in [6.45, 7) is 3.24. The minimum Gasteiger partial charge on any atom is -0.373 e. The van der Waals surface area contributed by atoms with E-state index in [1.807, 2.05) is 22.6 Å². The first kappa shape index (κ1) is 26.1. The van der Waals surface area contributed by atoms with Crippen LogP contribution in [0.3, 0.4) is 0 Å². The van der Waals surface area contributed by atoms with Crippen molar-refractivity contribution in [2.24, 2.45) is 0 Å². The van der Waals surface area contributed by atoms with Gasteiger partial charge in [0.15, 0.2) is 9.43 Å². The monoisotopic (exact) mass is 676 g/mol. The lowest BCUT2D eigenvalue weighted by atomic mass is 10.0. The Hall–Kier alpha value is -2.02. The number of alkyl halides is 3. The summed E-state index contributed by atoms with van der Waals surface area (Å²) in [4.78, 5) is 12.9. The zero-order chi connectivity index (χ0) is 25.5. The van der Waals surface area contributed by atoms with E-state index in [2.05, 4.69) is 36.2 Å². The molecule has 182 valence electrons. The molecule has 35 heavy (non-hydrogen) atoms. The molecule has 0 amide bonds. The molecule has 0 aliphatic heterocycles. The largest absolute Gasteiger partial charge is 0.373 e. The molecule has 0 saturated carbocycles. The van der Waals surface area contributed by atoms with E-state index >= 15 is 0 Å². The smallest absolute Gasteiger partial charge is 0.262 e. The molecule has 11 heteroatoms. The Morgan fingerprint density at radius 2 is 1.80 bits per heavy atom. The van der Waals surface area contributed by atoms with Crippen LogP contribution in [-0.4, -0.2) is 26.5 Å². The van der Waals surface area contributed by atoms with Crippen LogP contribution < -0.4 is 5.32 Å². The fourth-order valence-corrected chi connectivity index (χ4v) is 4.44. The maximum Gasteiger partial charge on any atom is 0.262 e. The number of halogens is 6. The molecular formula is C24H18BrClF3IN4O. The number of nitrogens with one attached hydrogen (secondary N) is 1. The van der Waals surface area contributed by atoms with E-state index in [4.69, 9.17) is 11.6 Å². The number of rotatable bonds is 6. The zero-order valence-corrected chi connectivity index (χ0v) is 22.8. The maximum atomic E-state index is 14.5. The topological polar surface area (TPSA) is 70.9 Å². The van der Waals surface area contributed by atoms with Gasteiger partial charge >= 0.3 is 0 Å². The summed E-state index contributed by atoms with van der Waals surface area (Å²) in [5, 5.41) is 13.5. The van der Waals surface area contributed by atoms with Crippen LogP contribution in [0.1, 0.15) is 30.0 Å². The summed E-state index contributed by atoms with van der Waals surface area (Å²) in [5.74, 6) is -0.512. The quantitative estimate of drug-likeness (QED) is 0.163. The van der Waals surface area contributed by atoms with Crippen LogP contribution in [0.5, 0.6) is 0 Å². The van der Waals surface area contributed by atoms with Crippen LogP contribution in [0.25, 0.3) is 22.0 Å². The Morgan fingerprint density at radius 1 is 1.11 bits per heavy atom. The number of aryl methyl sites for hydroxylation is 1. The molecule has 5 nitrogen and oxygen atoms in total. The van der Waals surface area contributed by atoms with Gasteiger partial charge in [0.2, 0.25) is 0 Å². The molecule has 0 bridgehead atoms. The number of aliphatic hydroxyl groups is 1. The SMILES string of the molecule is Cc1nc2ccc(-c3cnc(C(C)(O)I)nc3)cc2c(N[C@H](c2cc(Br)ccc2F)C(F)F)c1Cl. The Labute approximate surface area is 226 Å². The highest BCUT2D eigenvalue weighted by atomic mass is 127. The van der Waals surface area contributed by atoms with Gasteiger partial charge < -0.3 is 10.4 Å². The average molecular weight is 678 g/mol. The molecule has 2 N–H and O–H groups in total. The van der Waals surface area contributed by atoms with Crippen LogP contribution in [0.2, 0.25) is 5.02 Å². The summed E-state index contributed by atoms with van der Waals surface area (Å²) in [7, 11) is 0. The highest BCUT2D eigenvalue weighted by Gasteiger charge is 2.28. The molecule has 2 heterocycles. The molecule has 4 aromatic rings. The molecule has 0 spiro atoms. The summed E-state index contributed by atoms with van der Waals surface area (Å²) < 4.78 is 42.1. The van der Waals surface area contributed by atoms with Crippen LogP contribution >= 0.6 is 50.1 Å². The Morgan fingerprint density at radius 3 is 2.43 bits per heavy atom. The minimum atomic E-state index is -2.93. The number of anilines is 1. The Kier molecular flexibility index (Phi) is 7.56. The van der Waals surface area contributed by atoms with Crippen LogP contribution in [0, 0.1) is 12.7 Å². The highest BCUT2D eigenvalue weighted by molar-refractivity contribution is 14.1. The van der Waals surface area contributed by atoms with E-state index in [9.17, 15) is 18.3 Å². The van der Waals surface area contributed by atoms with E-state index in [1.165, 1.54) is 12.1 Å². The summed E-state index contributed by atoms with van der Waals surface area (Å²) in [6, 6.07) is 7.49. The molecule has 0 aliphatic carbocycles. The number of nitrogens with zero attached hydrogens (tertiary/aromatic N) is 3. The Bertz CT molecular complexity index is 1400. The van der Waals surface area contributed by atoms with Crippen molar-refractivity contribution in [1.29, 1.82) is 0 Å². The lowest BCUT2D eigenvalue weighted by molar-refractivity contribution is 0.123. The summed E-state index contributed by atoms with van der Waals surface area (Å²) in [6.07, 6.45) is 0.195. The van der Waals surface area contributed by atoms with Gasteiger partial charge in [-0.15, -0.1) is 0 Å². The first-order valence-corrected chi connectivity index (χ1v) is 12.5. The summed E-state index contributed by atoms with van der Waals surface area (Å²) >= 11 is 11.6. The van der Waals surface area contributed by atoms with Crippen molar-refractivity contribution in [3.8, 4) is 11.1 Å². The van der Waals surface area contributed by atoms with Gasteiger partial charge in [-0.3, -0.25) is 4.98 Å². The van der Waals surface area contributed by atoms with Gasteiger partial charge in [-0.1, -0.05) is 33.6 Å². The number of hydrogen-bond donors (Lipinski definition) is 2. The third-order valence-corrected chi connectivity index (χ3v) is 6.77. The molecule has 0 aliphatic rings. The summed E-state index contributed by atoms with van der Waals surface area (Å²) in [5.41, 5.74) is 2.31. The molecule has 0 radical (unpaired) electrons. The standard InChI is InChI=1S/C24H18BrClF3IN4O/c1-11-19(26)20(34-21(22(28)29)15-8-14(25)4-5-17(15)27)16-7-12(3-6-18(16)33-11)13-9-31-23(32-10-13)24(2,30)35/h3-10,21-22,35H,1-2H3,(H,33,34)/t21-,24?/m1/s1. The second-order valence-corrected chi connectivity index (χ2v) is 11.4. The van der Waals surface area contributed by atoms with Crippen molar-refractivity contribution in [2.75, 3.05) is 5.32 Å². The van der Waals surface area contributed by atoms with Crippen LogP contribution in [0.15, 0.2) is 53.3 Å². The fourth-order valence-electron chi connectivity index (χ4n) is 3.58. The predicted molar refractivity (Wildman–Crippen MR) is 143 cm³/mol. The van der Waals surface area contributed by atoms with Gasteiger partial charge in [-0.25, -0.2) is 23.1 Å². The van der Waals surface area contributed by atoms with Crippen molar-refractivity contribution in [1.82, 2.24) is 15.0 Å². The molecule has 2 aromatic heterocycles. The number of benzene rings is 2. The molecule has 1 unspecified atom stereocenters.